The van der Waals surface area contributed by atoms with E-state index in [1.54, 1.807) is 42.5 Å². The molecule has 0 aromatic heterocycles. The lowest BCUT2D eigenvalue weighted by molar-refractivity contribution is -0.119. The van der Waals surface area contributed by atoms with Gasteiger partial charge in [-0.25, -0.2) is 18.2 Å². The molecule has 41 heavy (non-hydrogen) atoms. The average molecular weight is 568 g/mol. The van der Waals surface area contributed by atoms with Crippen molar-refractivity contribution in [1.29, 1.82) is 0 Å². The number of hydrogen-bond acceptors (Lipinski definition) is 5. The number of carbonyl (C=O) groups excluding carboxylic acids is 1. The lowest BCUT2D eigenvalue weighted by Gasteiger charge is -2.23. The topological polar surface area (TPSA) is 88.1 Å². The highest BCUT2D eigenvalue weighted by Gasteiger charge is 2.27. The molecule has 5 aromatic carbocycles. The fourth-order valence-corrected chi connectivity index (χ4v) is 5.57. The number of nitrogens with zero attached hydrogens (tertiary/aromatic N) is 2. The number of halogens is 1. The molecule has 0 spiro atoms. The van der Waals surface area contributed by atoms with Gasteiger partial charge in [0.25, 0.3) is 15.9 Å². The van der Waals surface area contributed by atoms with Crippen molar-refractivity contribution < 1.29 is 22.3 Å². The molecule has 0 fully saturated rings. The number of amides is 1. The van der Waals surface area contributed by atoms with Crippen LogP contribution in [0, 0.1) is 5.82 Å². The van der Waals surface area contributed by atoms with Crippen molar-refractivity contribution in [3.05, 3.63) is 138 Å². The minimum atomic E-state index is -4.10. The van der Waals surface area contributed by atoms with E-state index in [0.29, 0.717) is 17.9 Å². The number of sulfonamides is 1. The van der Waals surface area contributed by atoms with E-state index < -0.39 is 28.3 Å². The molecule has 5 rings (SSSR count). The van der Waals surface area contributed by atoms with Crippen LogP contribution < -0.4 is 14.5 Å². The molecule has 0 bridgehead atoms. The van der Waals surface area contributed by atoms with Gasteiger partial charge < -0.3 is 4.74 Å². The van der Waals surface area contributed by atoms with Gasteiger partial charge in [0.2, 0.25) is 0 Å². The Labute approximate surface area is 237 Å². The summed E-state index contributed by atoms with van der Waals surface area (Å²) in [4.78, 5) is 12.7. The summed E-state index contributed by atoms with van der Waals surface area (Å²) in [6.07, 6.45) is 1.44. The Bertz CT molecular complexity index is 1780. The highest BCUT2D eigenvalue weighted by atomic mass is 32.2. The van der Waals surface area contributed by atoms with Crippen molar-refractivity contribution in [2.24, 2.45) is 5.10 Å². The van der Waals surface area contributed by atoms with Crippen molar-refractivity contribution >= 4 is 38.6 Å². The van der Waals surface area contributed by atoms with Gasteiger partial charge in [-0.1, -0.05) is 54.6 Å². The van der Waals surface area contributed by atoms with E-state index in [-0.39, 0.29) is 10.6 Å². The van der Waals surface area contributed by atoms with Crippen LogP contribution in [0.3, 0.4) is 0 Å². The van der Waals surface area contributed by atoms with Crippen LogP contribution >= 0.6 is 0 Å². The third-order valence-electron chi connectivity index (χ3n) is 6.24. The summed E-state index contributed by atoms with van der Waals surface area (Å²) in [5, 5.41) is 6.29. The Kier molecular flexibility index (Phi) is 8.36. The quantitative estimate of drug-likeness (QED) is 0.168. The molecule has 0 atom stereocenters. The summed E-state index contributed by atoms with van der Waals surface area (Å²) in [5.41, 5.74) is 4.27. The molecule has 0 heterocycles. The van der Waals surface area contributed by atoms with Gasteiger partial charge in [0.1, 0.15) is 24.7 Å². The number of rotatable bonds is 10. The Morgan fingerprint density at radius 1 is 0.829 bits per heavy atom. The van der Waals surface area contributed by atoms with E-state index in [4.69, 9.17) is 4.74 Å². The van der Waals surface area contributed by atoms with Crippen molar-refractivity contribution in [1.82, 2.24) is 5.43 Å². The second-order valence-electron chi connectivity index (χ2n) is 9.13. The fourth-order valence-electron chi connectivity index (χ4n) is 4.13. The standard InChI is InChI=1S/C32H26FN3O4S/c33-28-14-16-29(17-15-28)36(41(38,39)31-8-2-1-3-9-31)22-32(37)35-34-21-24-11-18-30(19-12-24)40-23-25-10-13-26-6-4-5-7-27(26)20-25/h1-21H,22-23H2,(H,35,37)/b34-21+. The summed E-state index contributed by atoms with van der Waals surface area (Å²) < 4.78 is 46.9. The minimum Gasteiger partial charge on any atom is -0.489 e. The van der Waals surface area contributed by atoms with Gasteiger partial charge in [0.05, 0.1) is 16.8 Å². The van der Waals surface area contributed by atoms with Crippen molar-refractivity contribution in [2.75, 3.05) is 10.8 Å². The first-order valence-electron chi connectivity index (χ1n) is 12.7. The third-order valence-corrected chi connectivity index (χ3v) is 8.02. The number of ether oxygens (including phenoxy) is 1. The largest absolute Gasteiger partial charge is 0.489 e. The molecular weight excluding hydrogens is 541 g/mol. The number of fused-ring (bicyclic) bond motifs is 1. The van der Waals surface area contributed by atoms with Gasteiger partial charge in [0, 0.05) is 0 Å². The first-order valence-corrected chi connectivity index (χ1v) is 14.2. The SMILES string of the molecule is O=C(CN(c1ccc(F)cc1)S(=O)(=O)c1ccccc1)N/N=C/c1ccc(OCc2ccc3ccccc3c2)cc1. The van der Waals surface area contributed by atoms with Gasteiger partial charge in [-0.15, -0.1) is 0 Å². The first kappa shape index (κ1) is 27.5. The Hall–Kier alpha value is -5.02. The molecule has 0 aliphatic rings. The van der Waals surface area contributed by atoms with E-state index in [1.165, 1.54) is 35.9 Å². The molecule has 0 unspecified atom stereocenters. The molecular formula is C32H26FN3O4S. The number of nitrogens with one attached hydrogen (secondary N) is 1. The van der Waals surface area contributed by atoms with Crippen LogP contribution in [0.4, 0.5) is 10.1 Å². The van der Waals surface area contributed by atoms with Gasteiger partial charge in [-0.3, -0.25) is 9.10 Å². The number of benzene rings is 5. The molecule has 0 saturated carbocycles. The van der Waals surface area contributed by atoms with Crippen LogP contribution in [0.2, 0.25) is 0 Å². The predicted octanol–water partition coefficient (Wildman–Crippen LogP) is 5.90. The number of hydrazone groups is 1. The molecule has 0 saturated heterocycles. The predicted molar refractivity (Wildman–Crippen MR) is 158 cm³/mol. The Morgan fingerprint density at radius 3 is 2.24 bits per heavy atom. The molecule has 0 aliphatic carbocycles. The zero-order valence-electron chi connectivity index (χ0n) is 21.9. The lowest BCUT2D eigenvalue weighted by atomic mass is 10.1. The van der Waals surface area contributed by atoms with Crippen LogP contribution in [-0.4, -0.2) is 27.1 Å². The van der Waals surface area contributed by atoms with Crippen LogP contribution in [0.25, 0.3) is 10.8 Å². The average Bonchev–Trinajstić information content (AvgIpc) is 3.00. The molecule has 5 aromatic rings. The highest BCUT2D eigenvalue weighted by molar-refractivity contribution is 7.92. The maximum absolute atomic E-state index is 13.5. The minimum absolute atomic E-state index is 0.00329. The van der Waals surface area contributed by atoms with E-state index in [2.05, 4.69) is 34.8 Å². The van der Waals surface area contributed by atoms with Gasteiger partial charge in [-0.2, -0.15) is 5.10 Å². The van der Waals surface area contributed by atoms with Gasteiger partial charge in [-0.05, 0) is 88.6 Å². The number of hydrogen-bond donors (Lipinski definition) is 1. The molecule has 7 nitrogen and oxygen atoms in total. The molecule has 1 N–H and O–H groups in total. The van der Waals surface area contributed by atoms with E-state index >= 15 is 0 Å². The van der Waals surface area contributed by atoms with Crippen molar-refractivity contribution in [3.63, 3.8) is 0 Å². The third kappa shape index (κ3) is 6.95. The maximum Gasteiger partial charge on any atom is 0.264 e. The second kappa shape index (κ2) is 12.4. The van der Waals surface area contributed by atoms with E-state index in [0.717, 1.165) is 27.4 Å². The zero-order valence-corrected chi connectivity index (χ0v) is 22.7. The number of anilines is 1. The normalized spacial score (nSPS) is 11.4. The van der Waals surface area contributed by atoms with Crippen LogP contribution in [0.5, 0.6) is 5.75 Å². The van der Waals surface area contributed by atoms with Crippen molar-refractivity contribution in [3.8, 4) is 5.75 Å². The van der Waals surface area contributed by atoms with Crippen LogP contribution in [0.1, 0.15) is 11.1 Å². The van der Waals surface area contributed by atoms with Crippen LogP contribution in [-0.2, 0) is 21.4 Å². The molecule has 0 radical (unpaired) electrons. The van der Waals surface area contributed by atoms with Gasteiger partial charge >= 0.3 is 0 Å². The smallest absolute Gasteiger partial charge is 0.264 e. The summed E-state index contributed by atoms with van der Waals surface area (Å²) in [5.74, 6) is -0.509. The molecule has 1 amide bonds. The molecule has 206 valence electrons. The van der Waals surface area contributed by atoms with Crippen molar-refractivity contribution in [2.45, 2.75) is 11.5 Å². The Balaban J connectivity index is 1.20. The Morgan fingerprint density at radius 2 is 1.51 bits per heavy atom. The summed E-state index contributed by atoms with van der Waals surface area (Å²) in [6, 6.07) is 34.1. The zero-order chi connectivity index (χ0) is 28.7. The highest BCUT2D eigenvalue weighted by Crippen LogP contribution is 2.24. The molecule has 9 heteroatoms. The monoisotopic (exact) mass is 567 g/mol. The molecule has 0 aliphatic heterocycles. The van der Waals surface area contributed by atoms with E-state index in [9.17, 15) is 17.6 Å². The summed E-state index contributed by atoms with van der Waals surface area (Å²) >= 11 is 0. The van der Waals surface area contributed by atoms with E-state index in [1.807, 2.05) is 18.2 Å². The summed E-state index contributed by atoms with van der Waals surface area (Å²) in [6.45, 7) is -0.132. The number of carbonyl (C=O) groups is 1. The first-order chi connectivity index (χ1) is 19.9. The lowest BCUT2D eigenvalue weighted by Crippen LogP contribution is -2.39. The summed E-state index contributed by atoms with van der Waals surface area (Å²) in [7, 11) is -4.10. The maximum atomic E-state index is 13.5. The fraction of sp³-hybridized carbons (Fsp3) is 0.0625. The van der Waals surface area contributed by atoms with Crippen LogP contribution in [0.15, 0.2) is 131 Å². The van der Waals surface area contributed by atoms with Gasteiger partial charge in [0.15, 0.2) is 0 Å². The second-order valence-corrected chi connectivity index (χ2v) is 11.0.